The first kappa shape index (κ1) is 18.2. The van der Waals surface area contributed by atoms with Gasteiger partial charge in [0.1, 0.15) is 18.2 Å². The molecule has 3 aromatic rings. The van der Waals surface area contributed by atoms with Crippen molar-refractivity contribution in [2.45, 2.75) is 18.9 Å². The fourth-order valence-electron chi connectivity index (χ4n) is 3.25. The number of thiazole rings is 1. The molecule has 1 aliphatic heterocycles. The second-order valence-corrected chi connectivity index (χ2v) is 7.43. The molecule has 144 valence electrons. The molecule has 8 heteroatoms. The molecule has 0 saturated heterocycles. The molecule has 1 unspecified atom stereocenters. The Bertz CT molecular complexity index is 1020. The number of rotatable bonds is 5. The standard InChI is InChI=1S/C20H18FN3O3S/c1-26-15-4-2-3-13(17(15)27-10-11-5-7-12(21)8-6-11)14-9-16(25)23-19-18(14)28-20(22)24-19/h2-8,14H,9-10H2,1H3,(H2,22,24)(H,23,25). The smallest absolute Gasteiger partial charge is 0.226 e. The highest BCUT2D eigenvalue weighted by molar-refractivity contribution is 7.16. The first-order chi connectivity index (χ1) is 13.5. The number of fused-ring (bicyclic) bond motifs is 1. The van der Waals surface area contributed by atoms with Crippen molar-refractivity contribution in [2.24, 2.45) is 0 Å². The normalized spacial score (nSPS) is 15.6. The van der Waals surface area contributed by atoms with Crippen LogP contribution in [-0.2, 0) is 11.4 Å². The lowest BCUT2D eigenvalue weighted by Gasteiger charge is -2.24. The molecule has 0 bridgehead atoms. The number of para-hydroxylation sites is 1. The second-order valence-electron chi connectivity index (χ2n) is 6.36. The van der Waals surface area contributed by atoms with Crippen LogP contribution >= 0.6 is 11.3 Å². The Morgan fingerprint density at radius 1 is 1.29 bits per heavy atom. The summed E-state index contributed by atoms with van der Waals surface area (Å²) in [6.45, 7) is 0.240. The molecule has 1 atom stereocenters. The zero-order valence-electron chi connectivity index (χ0n) is 15.1. The molecular formula is C20H18FN3O3S. The van der Waals surface area contributed by atoms with E-state index in [1.54, 1.807) is 25.3 Å². The monoisotopic (exact) mass is 399 g/mol. The number of ether oxygens (including phenoxy) is 2. The number of hydrogen-bond donors (Lipinski definition) is 2. The number of aromatic nitrogens is 1. The van der Waals surface area contributed by atoms with Gasteiger partial charge in [0.15, 0.2) is 16.6 Å². The number of hydrogen-bond acceptors (Lipinski definition) is 6. The maximum absolute atomic E-state index is 13.1. The summed E-state index contributed by atoms with van der Waals surface area (Å²) in [5.74, 6) is 0.935. The van der Waals surface area contributed by atoms with E-state index < -0.39 is 0 Å². The molecule has 6 nitrogen and oxygen atoms in total. The first-order valence-electron chi connectivity index (χ1n) is 8.65. The number of nitrogens with two attached hydrogens (primary N) is 1. The van der Waals surface area contributed by atoms with Crippen LogP contribution in [0.15, 0.2) is 42.5 Å². The maximum atomic E-state index is 13.1. The first-order valence-corrected chi connectivity index (χ1v) is 9.47. The van der Waals surface area contributed by atoms with Crippen molar-refractivity contribution in [2.75, 3.05) is 18.2 Å². The van der Waals surface area contributed by atoms with Gasteiger partial charge in [0.05, 0.1) is 12.0 Å². The molecule has 0 saturated carbocycles. The third kappa shape index (κ3) is 3.50. The van der Waals surface area contributed by atoms with E-state index in [9.17, 15) is 9.18 Å². The molecule has 0 fully saturated rings. The summed E-state index contributed by atoms with van der Waals surface area (Å²) >= 11 is 1.35. The SMILES string of the molecule is COc1cccc(C2CC(=O)Nc3nc(N)sc32)c1OCc1ccc(F)cc1. The Kier molecular flexibility index (Phi) is 4.87. The molecule has 1 aliphatic rings. The highest BCUT2D eigenvalue weighted by Gasteiger charge is 2.32. The quantitative estimate of drug-likeness (QED) is 0.679. The summed E-state index contributed by atoms with van der Waals surface area (Å²) in [6.07, 6.45) is 0.259. The van der Waals surface area contributed by atoms with E-state index in [0.717, 1.165) is 16.0 Å². The molecule has 1 aromatic heterocycles. The Morgan fingerprint density at radius 3 is 2.82 bits per heavy atom. The van der Waals surface area contributed by atoms with Gasteiger partial charge in [0.25, 0.3) is 0 Å². The lowest BCUT2D eigenvalue weighted by atomic mass is 9.90. The van der Waals surface area contributed by atoms with Gasteiger partial charge >= 0.3 is 0 Å². The fourth-order valence-corrected chi connectivity index (χ4v) is 4.15. The van der Waals surface area contributed by atoms with Crippen molar-refractivity contribution in [3.63, 3.8) is 0 Å². The number of amides is 1. The zero-order valence-corrected chi connectivity index (χ0v) is 15.9. The van der Waals surface area contributed by atoms with Crippen LogP contribution in [0.4, 0.5) is 15.3 Å². The van der Waals surface area contributed by atoms with Crippen LogP contribution in [0.5, 0.6) is 11.5 Å². The predicted molar refractivity (Wildman–Crippen MR) is 105 cm³/mol. The Hall–Kier alpha value is -3.13. The van der Waals surface area contributed by atoms with E-state index in [-0.39, 0.29) is 30.7 Å². The van der Waals surface area contributed by atoms with Crippen LogP contribution in [-0.4, -0.2) is 18.0 Å². The molecule has 28 heavy (non-hydrogen) atoms. The van der Waals surface area contributed by atoms with Crippen LogP contribution in [0.1, 0.15) is 28.3 Å². The van der Waals surface area contributed by atoms with Gasteiger partial charge in [-0.3, -0.25) is 4.79 Å². The minimum absolute atomic E-state index is 0.130. The molecule has 2 aromatic carbocycles. The molecule has 0 spiro atoms. The lowest BCUT2D eigenvalue weighted by Crippen LogP contribution is -2.23. The van der Waals surface area contributed by atoms with E-state index >= 15 is 0 Å². The zero-order chi connectivity index (χ0) is 19.7. The number of carbonyl (C=O) groups is 1. The molecule has 0 radical (unpaired) electrons. The Morgan fingerprint density at radius 2 is 2.07 bits per heavy atom. The minimum atomic E-state index is -0.301. The third-order valence-corrected chi connectivity index (χ3v) is 5.53. The highest BCUT2D eigenvalue weighted by atomic mass is 32.1. The van der Waals surface area contributed by atoms with Gasteiger partial charge in [-0.1, -0.05) is 35.6 Å². The lowest BCUT2D eigenvalue weighted by molar-refractivity contribution is -0.116. The summed E-state index contributed by atoms with van der Waals surface area (Å²) in [7, 11) is 1.56. The van der Waals surface area contributed by atoms with Crippen LogP contribution in [0.3, 0.4) is 0 Å². The summed E-state index contributed by atoms with van der Waals surface area (Å²) in [4.78, 5) is 17.3. The van der Waals surface area contributed by atoms with E-state index in [4.69, 9.17) is 15.2 Å². The van der Waals surface area contributed by atoms with Gasteiger partial charge < -0.3 is 20.5 Å². The number of carbonyl (C=O) groups excluding carboxylic acids is 1. The summed E-state index contributed by atoms with van der Waals surface area (Å²) in [5, 5.41) is 3.16. The maximum Gasteiger partial charge on any atom is 0.226 e. The van der Waals surface area contributed by atoms with Crippen molar-refractivity contribution in [3.05, 3.63) is 64.3 Å². The van der Waals surface area contributed by atoms with Crippen molar-refractivity contribution >= 4 is 28.2 Å². The van der Waals surface area contributed by atoms with Crippen molar-refractivity contribution in [3.8, 4) is 11.5 Å². The minimum Gasteiger partial charge on any atom is -0.493 e. The molecule has 1 amide bonds. The van der Waals surface area contributed by atoms with Crippen LogP contribution < -0.4 is 20.5 Å². The van der Waals surface area contributed by atoms with E-state index in [1.807, 2.05) is 12.1 Å². The number of nitrogens with zero attached hydrogens (tertiary/aromatic N) is 1. The number of methoxy groups -OCH3 is 1. The van der Waals surface area contributed by atoms with Crippen LogP contribution in [0.25, 0.3) is 0 Å². The molecular weight excluding hydrogens is 381 g/mol. The van der Waals surface area contributed by atoms with Crippen LogP contribution in [0.2, 0.25) is 0 Å². The van der Waals surface area contributed by atoms with E-state index in [2.05, 4.69) is 10.3 Å². The number of nitrogen functional groups attached to an aromatic ring is 1. The highest BCUT2D eigenvalue weighted by Crippen LogP contribution is 2.46. The average Bonchev–Trinajstić information content (AvgIpc) is 3.06. The topological polar surface area (TPSA) is 86.5 Å². The van der Waals surface area contributed by atoms with Gasteiger partial charge in [0.2, 0.25) is 5.91 Å². The second kappa shape index (κ2) is 7.47. The van der Waals surface area contributed by atoms with Crippen LogP contribution in [0, 0.1) is 5.82 Å². The Balaban J connectivity index is 1.71. The van der Waals surface area contributed by atoms with Gasteiger partial charge in [0, 0.05) is 17.9 Å². The molecule has 2 heterocycles. The average molecular weight is 399 g/mol. The van der Waals surface area contributed by atoms with E-state index in [0.29, 0.717) is 22.4 Å². The summed E-state index contributed by atoms with van der Waals surface area (Å²) < 4.78 is 24.7. The third-order valence-electron chi connectivity index (χ3n) is 4.53. The number of anilines is 2. The van der Waals surface area contributed by atoms with Gasteiger partial charge in [-0.15, -0.1) is 0 Å². The number of benzene rings is 2. The molecule has 4 rings (SSSR count). The summed E-state index contributed by atoms with van der Waals surface area (Å²) in [6, 6.07) is 11.7. The number of nitrogens with one attached hydrogen (secondary N) is 1. The van der Waals surface area contributed by atoms with Gasteiger partial charge in [-0.25, -0.2) is 9.37 Å². The predicted octanol–water partition coefficient (Wildman–Crippen LogP) is 3.93. The van der Waals surface area contributed by atoms with E-state index in [1.165, 1.54) is 23.5 Å². The Labute approximate surface area is 165 Å². The van der Waals surface area contributed by atoms with Crippen molar-refractivity contribution in [1.82, 2.24) is 4.98 Å². The molecule has 3 N–H and O–H groups in total. The van der Waals surface area contributed by atoms with Crippen molar-refractivity contribution in [1.29, 1.82) is 0 Å². The number of halogens is 1. The largest absolute Gasteiger partial charge is 0.493 e. The molecule has 0 aliphatic carbocycles. The van der Waals surface area contributed by atoms with Gasteiger partial charge in [-0.05, 0) is 23.8 Å². The van der Waals surface area contributed by atoms with Crippen molar-refractivity contribution < 1.29 is 18.7 Å². The van der Waals surface area contributed by atoms with Gasteiger partial charge in [-0.2, -0.15) is 0 Å². The fraction of sp³-hybridized carbons (Fsp3) is 0.200. The summed E-state index contributed by atoms with van der Waals surface area (Å²) in [5.41, 5.74) is 7.50.